The van der Waals surface area contributed by atoms with Crippen molar-refractivity contribution in [3.05, 3.63) is 59.4 Å². The van der Waals surface area contributed by atoms with Crippen molar-refractivity contribution in [3.8, 4) is 0 Å². The molecule has 0 atom stereocenters. The maximum absolute atomic E-state index is 11.2. The Morgan fingerprint density at radius 1 is 1.15 bits per heavy atom. The van der Waals surface area contributed by atoms with Crippen LogP contribution in [0.25, 0.3) is 0 Å². The summed E-state index contributed by atoms with van der Waals surface area (Å²) in [5.41, 5.74) is 2.73. The molecule has 0 saturated carbocycles. The average molecular weight is 271 g/mol. The Morgan fingerprint density at radius 2 is 1.90 bits per heavy atom. The number of carboxylic acids is 1. The average Bonchev–Trinajstić information content (AvgIpc) is 2.84. The summed E-state index contributed by atoms with van der Waals surface area (Å²) in [6, 6.07) is 12.1. The number of aryl methyl sites for hydroxylation is 2. The van der Waals surface area contributed by atoms with E-state index in [4.69, 9.17) is 0 Å². The predicted octanol–water partition coefficient (Wildman–Crippen LogP) is 3.77. The van der Waals surface area contributed by atoms with Gasteiger partial charge >= 0.3 is 5.97 Å². The van der Waals surface area contributed by atoms with E-state index in [1.54, 1.807) is 6.07 Å². The largest absolute Gasteiger partial charge is 0.478 e. The fraction of sp³-hybridized carbons (Fsp3) is 0.353. The number of benzene rings is 1. The highest BCUT2D eigenvalue weighted by molar-refractivity contribution is 5.89. The molecule has 0 bridgehead atoms. The molecule has 3 nitrogen and oxygen atoms in total. The molecule has 0 aliphatic heterocycles. The van der Waals surface area contributed by atoms with Crippen LogP contribution in [-0.2, 0) is 19.4 Å². The summed E-state index contributed by atoms with van der Waals surface area (Å²) >= 11 is 0. The van der Waals surface area contributed by atoms with Crippen molar-refractivity contribution in [3.63, 3.8) is 0 Å². The molecular formula is C17H21NO2. The van der Waals surface area contributed by atoms with Gasteiger partial charge in [-0.1, -0.05) is 43.7 Å². The molecule has 106 valence electrons. The number of aromatic nitrogens is 1. The second-order valence-corrected chi connectivity index (χ2v) is 5.01. The minimum atomic E-state index is -0.824. The summed E-state index contributed by atoms with van der Waals surface area (Å²) in [5, 5.41) is 9.20. The Bertz CT molecular complexity index is 558. The highest BCUT2D eigenvalue weighted by atomic mass is 16.4. The normalized spacial score (nSPS) is 10.7. The molecular weight excluding hydrogens is 250 g/mol. The van der Waals surface area contributed by atoms with Crippen LogP contribution in [0.3, 0.4) is 0 Å². The molecule has 20 heavy (non-hydrogen) atoms. The highest BCUT2D eigenvalue weighted by Gasteiger charge is 2.13. The Balaban J connectivity index is 2.00. The number of aromatic carboxylic acids is 1. The van der Waals surface area contributed by atoms with Gasteiger partial charge in [0, 0.05) is 18.4 Å². The van der Waals surface area contributed by atoms with E-state index in [1.165, 1.54) is 5.56 Å². The minimum Gasteiger partial charge on any atom is -0.478 e. The SMILES string of the molecule is CCCc1c(C(=O)O)ccn1CCCc1ccccc1. The molecule has 2 rings (SSSR count). The van der Waals surface area contributed by atoms with Crippen LogP contribution in [0.15, 0.2) is 42.6 Å². The fourth-order valence-corrected chi connectivity index (χ4v) is 2.52. The summed E-state index contributed by atoms with van der Waals surface area (Å²) in [6.07, 6.45) is 5.73. The van der Waals surface area contributed by atoms with E-state index in [1.807, 2.05) is 12.3 Å². The molecule has 0 spiro atoms. The molecule has 1 aromatic heterocycles. The number of carboxylic acid groups (broad SMARTS) is 1. The lowest BCUT2D eigenvalue weighted by atomic mass is 10.1. The van der Waals surface area contributed by atoms with Crippen LogP contribution in [0.4, 0.5) is 0 Å². The van der Waals surface area contributed by atoms with Gasteiger partial charge in [0.1, 0.15) is 0 Å². The molecule has 1 N–H and O–H groups in total. The van der Waals surface area contributed by atoms with E-state index >= 15 is 0 Å². The van der Waals surface area contributed by atoms with Gasteiger partial charge in [0.2, 0.25) is 0 Å². The first-order chi connectivity index (χ1) is 9.72. The number of rotatable bonds is 7. The van der Waals surface area contributed by atoms with Crippen LogP contribution in [0, 0.1) is 0 Å². The third-order valence-corrected chi connectivity index (χ3v) is 3.50. The number of hydrogen-bond donors (Lipinski definition) is 1. The van der Waals surface area contributed by atoms with E-state index in [2.05, 4.69) is 35.8 Å². The highest BCUT2D eigenvalue weighted by Crippen LogP contribution is 2.15. The van der Waals surface area contributed by atoms with Gasteiger partial charge in [0.25, 0.3) is 0 Å². The molecule has 0 aliphatic carbocycles. The predicted molar refractivity (Wildman–Crippen MR) is 80.1 cm³/mol. The topological polar surface area (TPSA) is 42.2 Å². The van der Waals surface area contributed by atoms with Crippen LogP contribution in [-0.4, -0.2) is 15.6 Å². The van der Waals surface area contributed by atoms with Gasteiger partial charge in [0.05, 0.1) is 5.56 Å². The quantitative estimate of drug-likeness (QED) is 0.833. The Kier molecular flexibility index (Phi) is 4.99. The van der Waals surface area contributed by atoms with Crippen LogP contribution in [0.2, 0.25) is 0 Å². The van der Waals surface area contributed by atoms with Gasteiger partial charge < -0.3 is 9.67 Å². The van der Waals surface area contributed by atoms with E-state index in [0.29, 0.717) is 5.56 Å². The van der Waals surface area contributed by atoms with Crippen molar-refractivity contribution < 1.29 is 9.90 Å². The number of carbonyl (C=O) groups is 1. The van der Waals surface area contributed by atoms with Crippen molar-refractivity contribution in [2.75, 3.05) is 0 Å². The summed E-state index contributed by atoms with van der Waals surface area (Å²) < 4.78 is 2.09. The van der Waals surface area contributed by atoms with Crippen molar-refractivity contribution in [2.24, 2.45) is 0 Å². The van der Waals surface area contributed by atoms with Crippen LogP contribution in [0.1, 0.15) is 41.4 Å². The van der Waals surface area contributed by atoms with Crippen molar-refractivity contribution in [1.29, 1.82) is 0 Å². The van der Waals surface area contributed by atoms with Crippen LogP contribution in [0.5, 0.6) is 0 Å². The molecule has 0 saturated heterocycles. The van der Waals surface area contributed by atoms with E-state index < -0.39 is 5.97 Å². The van der Waals surface area contributed by atoms with Crippen molar-refractivity contribution >= 4 is 5.97 Å². The summed E-state index contributed by atoms with van der Waals surface area (Å²) in [4.78, 5) is 11.2. The van der Waals surface area contributed by atoms with Gasteiger partial charge in [-0.05, 0) is 30.9 Å². The van der Waals surface area contributed by atoms with E-state index in [9.17, 15) is 9.90 Å². The first-order valence-corrected chi connectivity index (χ1v) is 7.17. The van der Waals surface area contributed by atoms with Crippen molar-refractivity contribution in [2.45, 2.75) is 39.2 Å². The Morgan fingerprint density at radius 3 is 2.55 bits per heavy atom. The zero-order valence-electron chi connectivity index (χ0n) is 11.9. The van der Waals surface area contributed by atoms with Crippen molar-refractivity contribution in [1.82, 2.24) is 4.57 Å². The number of hydrogen-bond acceptors (Lipinski definition) is 1. The maximum Gasteiger partial charge on any atom is 0.337 e. The second kappa shape index (κ2) is 6.94. The first-order valence-electron chi connectivity index (χ1n) is 7.17. The summed E-state index contributed by atoms with van der Waals surface area (Å²) in [5.74, 6) is -0.824. The lowest BCUT2D eigenvalue weighted by molar-refractivity contribution is 0.0695. The molecule has 1 aromatic carbocycles. The molecule has 1 heterocycles. The van der Waals surface area contributed by atoms with Gasteiger partial charge in [-0.2, -0.15) is 0 Å². The van der Waals surface area contributed by atoms with E-state index in [0.717, 1.165) is 37.9 Å². The standard InChI is InChI=1S/C17H21NO2/c1-2-7-16-15(17(19)20)11-13-18(16)12-6-10-14-8-4-3-5-9-14/h3-5,8-9,11,13H,2,6-7,10,12H2,1H3,(H,19,20). The molecule has 0 fully saturated rings. The third-order valence-electron chi connectivity index (χ3n) is 3.50. The fourth-order valence-electron chi connectivity index (χ4n) is 2.52. The Hall–Kier alpha value is -2.03. The molecule has 2 aromatic rings. The Labute approximate surface area is 119 Å². The molecule has 0 radical (unpaired) electrons. The first kappa shape index (κ1) is 14.4. The van der Waals surface area contributed by atoms with Gasteiger partial charge in [-0.25, -0.2) is 4.79 Å². The van der Waals surface area contributed by atoms with Crippen LogP contribution >= 0.6 is 0 Å². The van der Waals surface area contributed by atoms with Gasteiger partial charge in [-0.15, -0.1) is 0 Å². The molecule has 3 heteroatoms. The minimum absolute atomic E-state index is 0.451. The lowest BCUT2D eigenvalue weighted by Gasteiger charge is -2.09. The number of nitrogens with zero attached hydrogens (tertiary/aromatic N) is 1. The maximum atomic E-state index is 11.2. The van der Waals surface area contributed by atoms with E-state index in [-0.39, 0.29) is 0 Å². The molecule has 0 aliphatic rings. The second-order valence-electron chi connectivity index (χ2n) is 5.01. The zero-order valence-corrected chi connectivity index (χ0v) is 11.9. The smallest absolute Gasteiger partial charge is 0.337 e. The lowest BCUT2D eigenvalue weighted by Crippen LogP contribution is -2.07. The monoisotopic (exact) mass is 271 g/mol. The summed E-state index contributed by atoms with van der Waals surface area (Å²) in [7, 11) is 0. The summed E-state index contributed by atoms with van der Waals surface area (Å²) in [6.45, 7) is 2.95. The van der Waals surface area contributed by atoms with Gasteiger partial charge in [-0.3, -0.25) is 0 Å². The van der Waals surface area contributed by atoms with Gasteiger partial charge in [0.15, 0.2) is 0 Å². The molecule has 0 amide bonds. The molecule has 0 unspecified atom stereocenters. The zero-order chi connectivity index (χ0) is 14.4. The van der Waals surface area contributed by atoms with Crippen LogP contribution < -0.4 is 0 Å². The third kappa shape index (κ3) is 3.50.